The molecule has 23 heavy (non-hydrogen) atoms. The van der Waals surface area contributed by atoms with Crippen LogP contribution in [-0.2, 0) is 11.2 Å². The summed E-state index contributed by atoms with van der Waals surface area (Å²) < 4.78 is 5.71. The van der Waals surface area contributed by atoms with Crippen molar-refractivity contribution >= 4 is 33.5 Å². The molecule has 0 radical (unpaired) electrons. The van der Waals surface area contributed by atoms with Crippen LogP contribution in [0.25, 0.3) is 0 Å². The second-order valence-corrected chi connectivity index (χ2v) is 6.10. The summed E-state index contributed by atoms with van der Waals surface area (Å²) in [6.07, 6.45) is 1.44. The minimum atomic E-state index is -0.427. The van der Waals surface area contributed by atoms with Crippen LogP contribution in [0.4, 0.5) is 5.69 Å². The van der Waals surface area contributed by atoms with Crippen molar-refractivity contribution in [2.24, 2.45) is 0 Å². The van der Waals surface area contributed by atoms with Gasteiger partial charge >= 0.3 is 5.97 Å². The first kappa shape index (κ1) is 17.3. The average molecular weight is 379 g/mol. The first-order valence-electron chi connectivity index (χ1n) is 7.34. The van der Waals surface area contributed by atoms with Gasteiger partial charge in [-0.25, -0.2) is 4.79 Å². The van der Waals surface area contributed by atoms with Crippen LogP contribution in [0.3, 0.4) is 0 Å². The van der Waals surface area contributed by atoms with E-state index in [1.807, 2.05) is 25.1 Å². The number of rotatable bonds is 5. The Balaban J connectivity index is 2.38. The van der Waals surface area contributed by atoms with E-state index in [9.17, 15) is 9.59 Å². The van der Waals surface area contributed by atoms with Gasteiger partial charge in [-0.15, -0.1) is 0 Å². The molecule has 0 aliphatic carbocycles. The third kappa shape index (κ3) is 3.82. The number of anilines is 1. The molecule has 0 spiro atoms. The molecule has 1 amide bonds. The quantitative estimate of drug-likeness (QED) is 0.770. The van der Waals surface area contributed by atoms with Crippen molar-refractivity contribution in [1.29, 1.82) is 0 Å². The predicted molar refractivity (Wildman–Crippen MR) is 93.0 cm³/mol. The molecule has 2 aromatic rings. The van der Waals surface area contributed by atoms with Gasteiger partial charge in [0.25, 0.3) is 5.91 Å². The first-order chi connectivity index (χ1) is 11.0. The monoisotopic (exact) mass is 378 g/mol. The van der Waals surface area contributed by atoms with Crippen LogP contribution in [0.5, 0.6) is 0 Å². The van der Waals surface area contributed by atoms with Gasteiger partial charge in [-0.2, -0.15) is 0 Å². The molecule has 1 aromatic carbocycles. The normalized spacial score (nSPS) is 10.4. The summed E-state index contributed by atoms with van der Waals surface area (Å²) in [6.45, 7) is 3.76. The number of aromatic amines is 1. The van der Waals surface area contributed by atoms with Crippen molar-refractivity contribution in [2.45, 2.75) is 26.7 Å². The maximum Gasteiger partial charge on any atom is 0.339 e. The summed E-state index contributed by atoms with van der Waals surface area (Å²) in [5, 5.41) is 2.84. The topological polar surface area (TPSA) is 71.2 Å². The summed E-state index contributed by atoms with van der Waals surface area (Å²) in [4.78, 5) is 27.6. The smallest absolute Gasteiger partial charge is 0.339 e. The second kappa shape index (κ2) is 7.46. The summed E-state index contributed by atoms with van der Waals surface area (Å²) in [7, 11) is 1.34. The Morgan fingerprint density at radius 1 is 1.35 bits per heavy atom. The Hall–Kier alpha value is -2.08. The molecule has 122 valence electrons. The zero-order chi connectivity index (χ0) is 17.0. The van der Waals surface area contributed by atoms with Crippen LogP contribution in [0.15, 0.2) is 28.7 Å². The van der Waals surface area contributed by atoms with Gasteiger partial charge in [-0.05, 0) is 37.1 Å². The number of methoxy groups -OCH3 is 1. The number of hydrogen-bond donors (Lipinski definition) is 2. The molecule has 5 nitrogen and oxygen atoms in total. The first-order valence-corrected chi connectivity index (χ1v) is 8.13. The number of carbonyl (C=O) groups is 2. The van der Waals surface area contributed by atoms with Crippen LogP contribution < -0.4 is 5.32 Å². The third-order valence-electron chi connectivity index (χ3n) is 3.49. The summed E-state index contributed by atoms with van der Waals surface area (Å²) in [5.41, 5.74) is 2.88. The van der Waals surface area contributed by atoms with Gasteiger partial charge in [0, 0.05) is 15.9 Å². The molecule has 0 atom stereocenters. The van der Waals surface area contributed by atoms with Crippen molar-refractivity contribution in [3.63, 3.8) is 0 Å². The molecule has 1 aromatic heterocycles. The standard InChI is InChI=1S/C17H19BrN2O3/c1-4-6-13-14(17(22)23-3)10(2)19-15(13)16(21)20-12-8-5-7-11(18)9-12/h5,7-9,19H,4,6H2,1-3H3,(H,20,21). The van der Waals surface area contributed by atoms with E-state index < -0.39 is 5.97 Å². The summed E-state index contributed by atoms with van der Waals surface area (Å²) in [5.74, 6) is -0.700. The lowest BCUT2D eigenvalue weighted by molar-refractivity contribution is 0.0599. The fourth-order valence-corrected chi connectivity index (χ4v) is 2.91. The molecule has 2 rings (SSSR count). The van der Waals surface area contributed by atoms with Crippen molar-refractivity contribution in [3.05, 3.63) is 51.3 Å². The van der Waals surface area contributed by atoms with E-state index in [-0.39, 0.29) is 5.91 Å². The van der Waals surface area contributed by atoms with Gasteiger partial charge in [0.1, 0.15) is 5.69 Å². The van der Waals surface area contributed by atoms with Gasteiger partial charge in [0.15, 0.2) is 0 Å². The Labute approximate surface area is 143 Å². The van der Waals surface area contributed by atoms with Gasteiger partial charge in [0.2, 0.25) is 0 Å². The number of hydrogen-bond acceptors (Lipinski definition) is 3. The molecule has 0 aliphatic rings. The molecule has 0 unspecified atom stereocenters. The Morgan fingerprint density at radius 2 is 2.09 bits per heavy atom. The highest BCUT2D eigenvalue weighted by molar-refractivity contribution is 9.10. The van der Waals surface area contributed by atoms with Crippen molar-refractivity contribution in [1.82, 2.24) is 4.98 Å². The van der Waals surface area contributed by atoms with E-state index in [1.165, 1.54) is 7.11 Å². The molecule has 1 heterocycles. The highest BCUT2D eigenvalue weighted by Crippen LogP contribution is 2.23. The van der Waals surface area contributed by atoms with Gasteiger partial charge in [-0.3, -0.25) is 4.79 Å². The number of aromatic nitrogens is 1. The fraction of sp³-hybridized carbons (Fsp3) is 0.294. The minimum Gasteiger partial charge on any atom is -0.465 e. The van der Waals surface area contributed by atoms with Gasteiger partial charge in [-0.1, -0.05) is 35.3 Å². The van der Waals surface area contributed by atoms with E-state index >= 15 is 0 Å². The van der Waals surface area contributed by atoms with Gasteiger partial charge < -0.3 is 15.0 Å². The molecule has 0 saturated heterocycles. The lowest BCUT2D eigenvalue weighted by atomic mass is 10.0. The third-order valence-corrected chi connectivity index (χ3v) is 3.98. The number of H-pyrrole nitrogens is 1. The lowest BCUT2D eigenvalue weighted by Crippen LogP contribution is -2.15. The Kier molecular flexibility index (Phi) is 5.60. The zero-order valence-electron chi connectivity index (χ0n) is 13.3. The number of esters is 1. The van der Waals surface area contributed by atoms with Crippen molar-refractivity contribution < 1.29 is 14.3 Å². The minimum absolute atomic E-state index is 0.273. The molecule has 0 fully saturated rings. The van der Waals surface area contributed by atoms with E-state index in [1.54, 1.807) is 13.0 Å². The lowest BCUT2D eigenvalue weighted by Gasteiger charge is -2.07. The Bertz CT molecular complexity index is 737. The predicted octanol–water partition coefficient (Wildman–Crippen LogP) is 4.08. The van der Waals surface area contributed by atoms with Crippen LogP contribution in [0, 0.1) is 6.92 Å². The highest BCUT2D eigenvalue weighted by Gasteiger charge is 2.24. The van der Waals surface area contributed by atoms with Crippen LogP contribution in [0.1, 0.15) is 45.4 Å². The van der Waals surface area contributed by atoms with Crippen molar-refractivity contribution in [2.75, 3.05) is 12.4 Å². The summed E-state index contributed by atoms with van der Waals surface area (Å²) in [6, 6.07) is 7.34. The molecule has 0 aliphatic heterocycles. The average Bonchev–Trinajstić information content (AvgIpc) is 2.83. The summed E-state index contributed by atoms with van der Waals surface area (Å²) >= 11 is 3.37. The highest BCUT2D eigenvalue weighted by atomic mass is 79.9. The fourth-order valence-electron chi connectivity index (χ4n) is 2.51. The molecule has 0 bridgehead atoms. The van der Waals surface area contributed by atoms with Gasteiger partial charge in [0.05, 0.1) is 12.7 Å². The number of benzene rings is 1. The largest absolute Gasteiger partial charge is 0.465 e. The number of amides is 1. The van der Waals surface area contributed by atoms with E-state index in [2.05, 4.69) is 26.2 Å². The number of halogens is 1. The Morgan fingerprint density at radius 3 is 2.70 bits per heavy atom. The van der Waals surface area contributed by atoms with Crippen LogP contribution in [-0.4, -0.2) is 24.0 Å². The van der Waals surface area contributed by atoms with E-state index in [0.717, 1.165) is 10.9 Å². The number of aryl methyl sites for hydroxylation is 1. The second-order valence-electron chi connectivity index (χ2n) is 5.18. The molecule has 0 saturated carbocycles. The van der Waals surface area contributed by atoms with Crippen LogP contribution >= 0.6 is 15.9 Å². The number of carbonyl (C=O) groups excluding carboxylic acids is 2. The molecular formula is C17H19BrN2O3. The van der Waals surface area contributed by atoms with E-state index in [0.29, 0.717) is 34.6 Å². The van der Waals surface area contributed by atoms with Crippen molar-refractivity contribution in [3.8, 4) is 0 Å². The maximum atomic E-state index is 12.6. The van der Waals surface area contributed by atoms with E-state index in [4.69, 9.17) is 4.74 Å². The molecule has 2 N–H and O–H groups in total. The zero-order valence-corrected chi connectivity index (χ0v) is 14.9. The number of nitrogens with one attached hydrogen (secondary N) is 2. The maximum absolute atomic E-state index is 12.6. The molecule has 6 heteroatoms. The SMILES string of the molecule is CCCc1c(C(=O)Nc2cccc(Br)c2)[nH]c(C)c1C(=O)OC. The number of ether oxygens (including phenoxy) is 1. The van der Waals surface area contributed by atoms with Crippen LogP contribution in [0.2, 0.25) is 0 Å². The molecular weight excluding hydrogens is 360 g/mol.